The van der Waals surface area contributed by atoms with Crippen LogP contribution >= 0.6 is 11.3 Å². The fraction of sp³-hybridized carbons (Fsp3) is 0.130. The molecule has 1 N–H and O–H groups in total. The number of carbonyl (C=O) groups is 2. The van der Waals surface area contributed by atoms with Crippen LogP contribution in [0.25, 0.3) is 5.57 Å². The molecule has 7 heteroatoms. The third kappa shape index (κ3) is 3.52. The van der Waals surface area contributed by atoms with Crippen LogP contribution in [0, 0.1) is 11.6 Å². The molecule has 4 rings (SSSR count). The van der Waals surface area contributed by atoms with Crippen molar-refractivity contribution in [2.45, 2.75) is 19.8 Å². The number of nitrogens with one attached hydrogen (secondary N) is 1. The van der Waals surface area contributed by atoms with E-state index in [1.807, 2.05) is 24.3 Å². The Kier molecular flexibility index (Phi) is 5.22. The van der Waals surface area contributed by atoms with Crippen LogP contribution in [0.1, 0.15) is 30.2 Å². The smallest absolute Gasteiger partial charge is 0.282 e. The lowest BCUT2D eigenvalue weighted by atomic mass is 10.0. The fourth-order valence-corrected chi connectivity index (χ4v) is 4.03. The van der Waals surface area contributed by atoms with Gasteiger partial charge in [0.25, 0.3) is 11.8 Å². The van der Waals surface area contributed by atoms with Crippen molar-refractivity contribution in [2.24, 2.45) is 0 Å². The predicted molar refractivity (Wildman–Crippen MR) is 114 cm³/mol. The zero-order chi connectivity index (χ0) is 21.4. The Morgan fingerprint density at radius 2 is 1.70 bits per heavy atom. The van der Waals surface area contributed by atoms with Gasteiger partial charge in [-0.3, -0.25) is 9.59 Å². The predicted octanol–water partition coefficient (Wildman–Crippen LogP) is 5.55. The van der Waals surface area contributed by atoms with Crippen LogP contribution < -0.4 is 10.2 Å². The summed E-state index contributed by atoms with van der Waals surface area (Å²) in [6.45, 7) is 4.15. The summed E-state index contributed by atoms with van der Waals surface area (Å²) in [7, 11) is 0. The second kappa shape index (κ2) is 7.84. The first kappa shape index (κ1) is 20.0. The van der Waals surface area contributed by atoms with Gasteiger partial charge in [0.15, 0.2) is 0 Å². The molecule has 30 heavy (non-hydrogen) atoms. The largest absolute Gasteiger partial charge is 0.350 e. The van der Waals surface area contributed by atoms with Crippen molar-refractivity contribution in [3.8, 4) is 0 Å². The summed E-state index contributed by atoms with van der Waals surface area (Å²) in [5, 5.41) is 4.80. The van der Waals surface area contributed by atoms with Gasteiger partial charge >= 0.3 is 0 Å². The molecule has 4 nitrogen and oxygen atoms in total. The Balaban J connectivity index is 1.77. The molecule has 1 aliphatic heterocycles. The number of carbonyl (C=O) groups excluding carboxylic acids is 2. The molecule has 0 spiro atoms. The standard InChI is InChI=1S/C23H18F2N2O2S/c1-13(2)14-5-8-16(9-6-14)26-21-20(19-4-3-11-30-19)22(28)27(23(21)29)18-12-15(24)7-10-17(18)25/h3-13,26H,1-2H3. The van der Waals surface area contributed by atoms with E-state index in [-0.39, 0.29) is 11.3 Å². The van der Waals surface area contributed by atoms with Gasteiger partial charge in [0, 0.05) is 16.6 Å². The second-order valence-corrected chi connectivity index (χ2v) is 8.12. The molecule has 0 atom stereocenters. The highest BCUT2D eigenvalue weighted by Gasteiger charge is 2.41. The zero-order valence-electron chi connectivity index (χ0n) is 16.3. The van der Waals surface area contributed by atoms with Crippen molar-refractivity contribution in [3.05, 3.63) is 87.7 Å². The third-order valence-corrected chi connectivity index (χ3v) is 5.73. The summed E-state index contributed by atoms with van der Waals surface area (Å²) in [5.74, 6) is -2.68. The van der Waals surface area contributed by atoms with Crippen molar-refractivity contribution in [1.82, 2.24) is 0 Å². The number of nitrogens with zero attached hydrogens (tertiary/aromatic N) is 1. The first-order valence-electron chi connectivity index (χ1n) is 9.35. The first-order chi connectivity index (χ1) is 14.4. The summed E-state index contributed by atoms with van der Waals surface area (Å²) < 4.78 is 28.1. The normalized spacial score (nSPS) is 14.2. The maximum absolute atomic E-state index is 14.4. The van der Waals surface area contributed by atoms with Crippen LogP contribution in [0.15, 0.2) is 65.7 Å². The van der Waals surface area contributed by atoms with Gasteiger partial charge < -0.3 is 5.32 Å². The van der Waals surface area contributed by atoms with E-state index in [0.29, 0.717) is 21.4 Å². The number of rotatable bonds is 5. The van der Waals surface area contributed by atoms with Crippen molar-refractivity contribution < 1.29 is 18.4 Å². The van der Waals surface area contributed by atoms with Gasteiger partial charge in [-0.05, 0) is 47.2 Å². The maximum Gasteiger partial charge on any atom is 0.282 e. The molecule has 1 aromatic heterocycles. The molecule has 0 saturated heterocycles. The Morgan fingerprint density at radius 1 is 0.967 bits per heavy atom. The SMILES string of the molecule is CC(C)c1ccc(NC2=C(c3cccs3)C(=O)N(c3cc(F)ccc3F)C2=O)cc1. The average Bonchev–Trinajstić information content (AvgIpc) is 3.32. The second-order valence-electron chi connectivity index (χ2n) is 7.17. The van der Waals surface area contributed by atoms with E-state index in [0.717, 1.165) is 23.8 Å². The van der Waals surface area contributed by atoms with Gasteiger partial charge in [-0.2, -0.15) is 0 Å². The first-order valence-corrected chi connectivity index (χ1v) is 10.2. The lowest BCUT2D eigenvalue weighted by Crippen LogP contribution is -2.33. The molecule has 3 aromatic rings. The van der Waals surface area contributed by atoms with Crippen LogP contribution in [-0.4, -0.2) is 11.8 Å². The van der Waals surface area contributed by atoms with Crippen LogP contribution in [-0.2, 0) is 9.59 Å². The van der Waals surface area contributed by atoms with Crippen LogP contribution in [0.2, 0.25) is 0 Å². The van der Waals surface area contributed by atoms with Crippen LogP contribution in [0.3, 0.4) is 0 Å². The van der Waals surface area contributed by atoms with E-state index >= 15 is 0 Å². The van der Waals surface area contributed by atoms with Crippen molar-refractivity contribution in [3.63, 3.8) is 0 Å². The van der Waals surface area contributed by atoms with Crippen LogP contribution in [0.4, 0.5) is 20.2 Å². The van der Waals surface area contributed by atoms with Gasteiger partial charge in [-0.25, -0.2) is 13.7 Å². The Bertz CT molecular complexity index is 1150. The lowest BCUT2D eigenvalue weighted by molar-refractivity contribution is -0.120. The number of imide groups is 1. The van der Waals surface area contributed by atoms with Crippen molar-refractivity contribution in [1.29, 1.82) is 0 Å². The molecule has 0 bridgehead atoms. The highest BCUT2D eigenvalue weighted by molar-refractivity contribution is 7.11. The molecule has 2 heterocycles. The number of halogens is 2. The fourth-order valence-electron chi connectivity index (χ4n) is 3.27. The molecule has 2 amide bonds. The molecule has 0 aliphatic carbocycles. The Labute approximate surface area is 176 Å². The van der Waals surface area contributed by atoms with Crippen molar-refractivity contribution in [2.75, 3.05) is 10.2 Å². The zero-order valence-corrected chi connectivity index (χ0v) is 17.1. The highest BCUT2D eigenvalue weighted by atomic mass is 32.1. The number of amides is 2. The molecule has 1 aliphatic rings. The van der Waals surface area contributed by atoms with Crippen LogP contribution in [0.5, 0.6) is 0 Å². The number of thiophene rings is 1. The summed E-state index contributed by atoms with van der Waals surface area (Å²) in [6, 6.07) is 13.6. The minimum absolute atomic E-state index is 0.0309. The van der Waals surface area contributed by atoms with E-state index in [2.05, 4.69) is 19.2 Å². The highest BCUT2D eigenvalue weighted by Crippen LogP contribution is 2.36. The monoisotopic (exact) mass is 424 g/mol. The van der Waals surface area contributed by atoms with Gasteiger partial charge in [0.05, 0.1) is 11.3 Å². The molecule has 0 unspecified atom stereocenters. The minimum atomic E-state index is -0.855. The Hall–Kier alpha value is -3.32. The molecular weight excluding hydrogens is 406 g/mol. The van der Waals surface area contributed by atoms with E-state index < -0.39 is 29.1 Å². The molecule has 2 aromatic carbocycles. The van der Waals surface area contributed by atoms with Gasteiger partial charge in [-0.1, -0.05) is 32.0 Å². The summed E-state index contributed by atoms with van der Waals surface area (Å²) in [5.41, 5.74) is 1.50. The lowest BCUT2D eigenvalue weighted by Gasteiger charge is -2.16. The van der Waals surface area contributed by atoms with Gasteiger partial charge in [0.2, 0.25) is 0 Å². The summed E-state index contributed by atoms with van der Waals surface area (Å²) in [6.07, 6.45) is 0. The van der Waals surface area contributed by atoms with Gasteiger partial charge in [-0.15, -0.1) is 11.3 Å². The molecular formula is C23H18F2N2O2S. The molecule has 0 saturated carbocycles. The molecule has 0 radical (unpaired) electrons. The quantitative estimate of drug-likeness (QED) is 0.547. The number of hydrogen-bond donors (Lipinski definition) is 1. The molecule has 0 fully saturated rings. The average molecular weight is 424 g/mol. The maximum atomic E-state index is 14.4. The van der Waals surface area contributed by atoms with E-state index in [4.69, 9.17) is 0 Å². The van der Waals surface area contributed by atoms with E-state index in [1.165, 1.54) is 11.3 Å². The third-order valence-electron chi connectivity index (χ3n) is 4.85. The number of anilines is 2. The Morgan fingerprint density at radius 3 is 2.33 bits per heavy atom. The summed E-state index contributed by atoms with van der Waals surface area (Å²) in [4.78, 5) is 27.6. The minimum Gasteiger partial charge on any atom is -0.350 e. The van der Waals surface area contributed by atoms with Crippen molar-refractivity contribution >= 4 is 40.1 Å². The molecule has 152 valence electrons. The van der Waals surface area contributed by atoms with E-state index in [9.17, 15) is 18.4 Å². The van der Waals surface area contributed by atoms with E-state index in [1.54, 1.807) is 17.5 Å². The number of benzene rings is 2. The number of hydrogen-bond acceptors (Lipinski definition) is 4. The van der Waals surface area contributed by atoms with Gasteiger partial charge in [0.1, 0.15) is 17.3 Å². The topological polar surface area (TPSA) is 49.4 Å². The summed E-state index contributed by atoms with van der Waals surface area (Å²) >= 11 is 1.29.